The van der Waals surface area contributed by atoms with E-state index in [0.717, 1.165) is 22.3 Å². The van der Waals surface area contributed by atoms with Crippen LogP contribution in [0.3, 0.4) is 0 Å². The molecule has 78 valence electrons. The Kier molecular flexibility index (Phi) is 1.91. The van der Waals surface area contributed by atoms with Crippen molar-refractivity contribution in [2.75, 3.05) is 0 Å². The van der Waals surface area contributed by atoms with Crippen molar-refractivity contribution in [2.24, 2.45) is 0 Å². The second-order valence-electron chi connectivity index (χ2n) is 3.87. The minimum Gasteiger partial charge on any atom is -0.392 e. The normalized spacial score (nSPS) is 12.4. The lowest BCUT2D eigenvalue weighted by atomic mass is 10.0. The Morgan fingerprint density at radius 2 is 1.56 bits per heavy atom. The van der Waals surface area contributed by atoms with Gasteiger partial charge in [0.15, 0.2) is 5.78 Å². The van der Waals surface area contributed by atoms with Gasteiger partial charge in [-0.1, -0.05) is 42.5 Å². The van der Waals surface area contributed by atoms with Crippen LogP contribution in [0, 0.1) is 0 Å². The van der Waals surface area contributed by atoms with Crippen LogP contribution in [0.25, 0.3) is 11.1 Å². The summed E-state index contributed by atoms with van der Waals surface area (Å²) in [6.07, 6.45) is 0. The van der Waals surface area contributed by atoms with Gasteiger partial charge in [0.25, 0.3) is 0 Å². The van der Waals surface area contributed by atoms with Crippen molar-refractivity contribution >= 4 is 5.78 Å². The number of carbonyl (C=O) groups is 1. The van der Waals surface area contributed by atoms with Crippen molar-refractivity contribution in [3.63, 3.8) is 0 Å². The topological polar surface area (TPSA) is 37.3 Å². The van der Waals surface area contributed by atoms with E-state index in [1.165, 1.54) is 0 Å². The number of fused-ring (bicyclic) bond motifs is 3. The van der Waals surface area contributed by atoms with E-state index in [9.17, 15) is 9.90 Å². The molecule has 0 aliphatic heterocycles. The first kappa shape index (κ1) is 9.31. The van der Waals surface area contributed by atoms with Crippen LogP contribution in [-0.2, 0) is 6.61 Å². The Morgan fingerprint density at radius 1 is 0.875 bits per heavy atom. The van der Waals surface area contributed by atoms with Crippen molar-refractivity contribution in [3.8, 4) is 11.1 Å². The molecule has 1 aliphatic carbocycles. The number of hydrogen-bond donors (Lipinski definition) is 1. The molecule has 0 spiro atoms. The highest BCUT2D eigenvalue weighted by Gasteiger charge is 2.27. The fourth-order valence-electron chi connectivity index (χ4n) is 2.28. The molecule has 0 bridgehead atoms. The monoisotopic (exact) mass is 210 g/mol. The maximum Gasteiger partial charge on any atom is 0.194 e. The second-order valence-corrected chi connectivity index (χ2v) is 3.87. The molecule has 0 amide bonds. The SMILES string of the molecule is O=C1c2ccccc2-c2c(CO)cccc21. The Balaban J connectivity index is 2.39. The van der Waals surface area contributed by atoms with Gasteiger partial charge in [-0.2, -0.15) is 0 Å². The van der Waals surface area contributed by atoms with Gasteiger partial charge in [0.1, 0.15) is 0 Å². The van der Waals surface area contributed by atoms with E-state index in [4.69, 9.17) is 0 Å². The standard InChI is InChI=1S/C14H10O2/c15-8-9-4-3-7-12-13(9)10-5-1-2-6-11(10)14(12)16/h1-7,15H,8H2. The molecular formula is C14H10O2. The molecule has 1 N–H and O–H groups in total. The molecule has 16 heavy (non-hydrogen) atoms. The maximum atomic E-state index is 12.1. The van der Waals surface area contributed by atoms with E-state index >= 15 is 0 Å². The first-order valence-corrected chi connectivity index (χ1v) is 5.20. The van der Waals surface area contributed by atoms with Gasteiger partial charge in [0, 0.05) is 11.1 Å². The Bertz CT molecular complexity index is 585. The molecule has 0 saturated carbocycles. The summed E-state index contributed by atoms with van der Waals surface area (Å²) in [7, 11) is 0. The summed E-state index contributed by atoms with van der Waals surface area (Å²) in [5, 5.41) is 9.30. The minimum atomic E-state index is -0.0369. The van der Waals surface area contributed by atoms with Gasteiger partial charge in [0.05, 0.1) is 6.61 Å². The number of benzene rings is 2. The largest absolute Gasteiger partial charge is 0.392 e. The molecule has 2 heteroatoms. The van der Waals surface area contributed by atoms with Crippen LogP contribution in [0.2, 0.25) is 0 Å². The lowest BCUT2D eigenvalue weighted by molar-refractivity contribution is 0.104. The van der Waals surface area contributed by atoms with Gasteiger partial charge >= 0.3 is 0 Å². The third kappa shape index (κ3) is 1.08. The quantitative estimate of drug-likeness (QED) is 0.669. The predicted molar refractivity (Wildman–Crippen MR) is 61.2 cm³/mol. The minimum absolute atomic E-state index is 0.0369. The summed E-state index contributed by atoms with van der Waals surface area (Å²) in [4.78, 5) is 12.1. The highest BCUT2D eigenvalue weighted by Crippen LogP contribution is 2.38. The summed E-state index contributed by atoms with van der Waals surface area (Å²) >= 11 is 0. The number of aliphatic hydroxyl groups is 1. The zero-order valence-electron chi connectivity index (χ0n) is 8.60. The van der Waals surface area contributed by atoms with Crippen LogP contribution in [0.5, 0.6) is 0 Å². The summed E-state index contributed by atoms with van der Waals surface area (Å²) in [6.45, 7) is -0.0369. The molecule has 0 radical (unpaired) electrons. The summed E-state index contributed by atoms with van der Waals surface area (Å²) in [5.74, 6) is 0.0564. The van der Waals surface area contributed by atoms with Gasteiger partial charge in [0.2, 0.25) is 0 Å². The number of ketones is 1. The fraction of sp³-hybridized carbons (Fsp3) is 0.0714. The van der Waals surface area contributed by atoms with Gasteiger partial charge in [-0.3, -0.25) is 4.79 Å². The number of aliphatic hydroxyl groups excluding tert-OH is 1. The molecule has 2 aromatic carbocycles. The number of rotatable bonds is 1. The van der Waals surface area contributed by atoms with E-state index < -0.39 is 0 Å². The Morgan fingerprint density at radius 3 is 2.31 bits per heavy atom. The second kappa shape index (κ2) is 3.29. The zero-order valence-corrected chi connectivity index (χ0v) is 8.60. The molecular weight excluding hydrogens is 200 g/mol. The van der Waals surface area contributed by atoms with E-state index in [0.29, 0.717) is 5.56 Å². The molecule has 1 aliphatic rings. The van der Waals surface area contributed by atoms with E-state index in [1.807, 2.05) is 42.5 Å². The van der Waals surface area contributed by atoms with Gasteiger partial charge < -0.3 is 5.11 Å². The molecule has 2 nitrogen and oxygen atoms in total. The lowest BCUT2D eigenvalue weighted by Gasteiger charge is -2.05. The first-order chi connectivity index (χ1) is 7.83. The van der Waals surface area contributed by atoms with Gasteiger partial charge in [-0.25, -0.2) is 0 Å². The summed E-state index contributed by atoms with van der Waals surface area (Å²) < 4.78 is 0. The molecule has 0 fully saturated rings. The smallest absolute Gasteiger partial charge is 0.194 e. The third-order valence-electron chi connectivity index (χ3n) is 3.01. The van der Waals surface area contributed by atoms with Crippen LogP contribution >= 0.6 is 0 Å². The highest BCUT2D eigenvalue weighted by molar-refractivity contribution is 6.22. The molecule has 3 rings (SSSR count). The van der Waals surface area contributed by atoms with Crippen LogP contribution in [0.4, 0.5) is 0 Å². The molecule has 0 unspecified atom stereocenters. The highest BCUT2D eigenvalue weighted by atomic mass is 16.3. The van der Waals surface area contributed by atoms with Crippen LogP contribution in [-0.4, -0.2) is 10.9 Å². The van der Waals surface area contributed by atoms with Crippen LogP contribution in [0.1, 0.15) is 21.5 Å². The van der Waals surface area contributed by atoms with E-state index in [-0.39, 0.29) is 12.4 Å². The average Bonchev–Trinajstić information content (AvgIpc) is 2.64. The van der Waals surface area contributed by atoms with Gasteiger partial charge in [-0.05, 0) is 16.7 Å². The van der Waals surface area contributed by atoms with E-state index in [2.05, 4.69) is 0 Å². The molecule has 0 aromatic heterocycles. The molecule has 0 heterocycles. The summed E-state index contributed by atoms with van der Waals surface area (Å²) in [6, 6.07) is 13.0. The zero-order chi connectivity index (χ0) is 11.1. The van der Waals surface area contributed by atoms with E-state index in [1.54, 1.807) is 0 Å². The van der Waals surface area contributed by atoms with Crippen molar-refractivity contribution < 1.29 is 9.90 Å². The lowest BCUT2D eigenvalue weighted by Crippen LogP contribution is -1.95. The average molecular weight is 210 g/mol. The predicted octanol–water partition coefficient (Wildman–Crippen LogP) is 2.39. The Hall–Kier alpha value is -1.93. The van der Waals surface area contributed by atoms with Gasteiger partial charge in [-0.15, -0.1) is 0 Å². The van der Waals surface area contributed by atoms with Crippen molar-refractivity contribution in [2.45, 2.75) is 6.61 Å². The summed E-state index contributed by atoms with van der Waals surface area (Å²) in [5.41, 5.74) is 4.08. The van der Waals surface area contributed by atoms with Crippen molar-refractivity contribution in [3.05, 3.63) is 59.2 Å². The molecule has 0 atom stereocenters. The van der Waals surface area contributed by atoms with Crippen LogP contribution in [0.15, 0.2) is 42.5 Å². The van der Waals surface area contributed by atoms with Crippen molar-refractivity contribution in [1.29, 1.82) is 0 Å². The maximum absolute atomic E-state index is 12.1. The number of hydrogen-bond acceptors (Lipinski definition) is 2. The van der Waals surface area contributed by atoms with Crippen LogP contribution < -0.4 is 0 Å². The fourth-order valence-corrected chi connectivity index (χ4v) is 2.28. The third-order valence-corrected chi connectivity index (χ3v) is 3.01. The first-order valence-electron chi connectivity index (χ1n) is 5.20. The molecule has 0 saturated heterocycles. The van der Waals surface area contributed by atoms with Crippen molar-refractivity contribution in [1.82, 2.24) is 0 Å². The number of carbonyl (C=O) groups excluding carboxylic acids is 1. The molecule has 2 aromatic rings. The Labute approximate surface area is 93.2 Å².